The molecule has 2 fully saturated rings. The Bertz CT molecular complexity index is 784. The van der Waals surface area contributed by atoms with Crippen LogP contribution >= 0.6 is 11.8 Å². The maximum Gasteiger partial charge on any atom is 0.501 e. The maximum atomic E-state index is 13.2. The van der Waals surface area contributed by atoms with Gasteiger partial charge in [0, 0.05) is 18.4 Å². The van der Waals surface area contributed by atoms with E-state index in [-0.39, 0.29) is 24.0 Å². The zero-order chi connectivity index (χ0) is 17.0. The number of nitrogens with zero attached hydrogens (tertiary/aromatic N) is 3. The first-order valence-corrected chi connectivity index (χ1v) is 9.78. The van der Waals surface area contributed by atoms with Crippen molar-refractivity contribution in [3.63, 3.8) is 0 Å². The molecule has 0 spiro atoms. The molecule has 4 heterocycles. The van der Waals surface area contributed by atoms with Crippen LogP contribution in [0.25, 0.3) is 0 Å². The number of ether oxygens (including phenoxy) is 1. The topological polar surface area (TPSA) is 62.5 Å². The van der Waals surface area contributed by atoms with Crippen LogP contribution in [0.4, 0.5) is 4.79 Å². The summed E-state index contributed by atoms with van der Waals surface area (Å²) in [6.07, 6.45) is 5.95. The predicted octanol–water partition coefficient (Wildman–Crippen LogP) is 2.23. The van der Waals surface area contributed by atoms with Crippen molar-refractivity contribution in [3.05, 3.63) is 23.9 Å². The smallest absolute Gasteiger partial charge is 0.374 e. The van der Waals surface area contributed by atoms with Crippen molar-refractivity contribution in [1.82, 2.24) is 9.88 Å². The monoisotopic (exact) mass is 358 g/mol. The minimum Gasteiger partial charge on any atom is -0.374 e. The molecular weight excluding hydrogens is 338 g/mol. The fraction of sp³-hybridized carbons (Fsp3) is 0.556. The van der Waals surface area contributed by atoms with Crippen LogP contribution < -0.4 is 0 Å². The maximum absolute atomic E-state index is 13.2. The number of pyridine rings is 1. The van der Waals surface area contributed by atoms with Gasteiger partial charge in [0.1, 0.15) is 11.6 Å². The van der Waals surface area contributed by atoms with E-state index in [4.69, 9.17) is 4.74 Å². The minimum atomic E-state index is -0.383. The molecule has 6 nitrogen and oxygen atoms in total. The summed E-state index contributed by atoms with van der Waals surface area (Å²) in [5.74, 6) is 0.0560. The van der Waals surface area contributed by atoms with Gasteiger partial charge in [-0.1, -0.05) is 6.07 Å². The highest BCUT2D eigenvalue weighted by atomic mass is 32.2. The summed E-state index contributed by atoms with van der Waals surface area (Å²) in [5.41, 5.74) is 0.929. The molecule has 5 rings (SSSR count). The van der Waals surface area contributed by atoms with E-state index in [0.29, 0.717) is 19.0 Å². The summed E-state index contributed by atoms with van der Waals surface area (Å²) in [5, 5.41) is 1.70. The van der Waals surface area contributed by atoms with E-state index in [2.05, 4.69) is 4.98 Å². The van der Waals surface area contributed by atoms with Crippen molar-refractivity contribution in [2.75, 3.05) is 19.7 Å². The normalized spacial score (nSPS) is 28.6. The SMILES string of the molecule is O=C1C2C(=[N+](CC3CC3)C(=O)N1CC1CCCO1)Sc1ncccc12. The number of aromatic nitrogens is 1. The van der Waals surface area contributed by atoms with Crippen molar-refractivity contribution in [1.29, 1.82) is 0 Å². The molecule has 7 heteroatoms. The highest BCUT2D eigenvalue weighted by Gasteiger charge is 2.54. The third-order valence-corrected chi connectivity index (χ3v) is 6.55. The highest BCUT2D eigenvalue weighted by Crippen LogP contribution is 2.44. The van der Waals surface area contributed by atoms with Crippen molar-refractivity contribution < 1.29 is 18.9 Å². The summed E-state index contributed by atoms with van der Waals surface area (Å²) in [4.78, 5) is 32.1. The van der Waals surface area contributed by atoms with E-state index < -0.39 is 0 Å². The van der Waals surface area contributed by atoms with E-state index in [0.717, 1.165) is 47.9 Å². The van der Waals surface area contributed by atoms with Gasteiger partial charge >= 0.3 is 11.9 Å². The first kappa shape index (κ1) is 15.5. The Balaban J connectivity index is 1.54. The Hall–Kier alpha value is -1.73. The number of carbonyl (C=O) groups is 2. The van der Waals surface area contributed by atoms with Gasteiger partial charge in [-0.15, -0.1) is 0 Å². The predicted molar refractivity (Wildman–Crippen MR) is 91.8 cm³/mol. The molecule has 2 atom stereocenters. The molecule has 1 saturated heterocycles. The van der Waals surface area contributed by atoms with Crippen LogP contribution in [0.1, 0.15) is 37.2 Å². The fourth-order valence-corrected chi connectivity index (χ4v) is 5.05. The number of hydrogen-bond donors (Lipinski definition) is 0. The Labute approximate surface area is 150 Å². The summed E-state index contributed by atoms with van der Waals surface area (Å²) in [6.45, 7) is 1.79. The molecule has 0 aromatic carbocycles. The third kappa shape index (κ3) is 2.60. The lowest BCUT2D eigenvalue weighted by Gasteiger charge is -2.26. The van der Waals surface area contributed by atoms with Gasteiger partial charge in [0.15, 0.2) is 11.0 Å². The number of rotatable bonds is 4. The molecule has 4 aliphatic rings. The van der Waals surface area contributed by atoms with E-state index in [1.54, 1.807) is 6.20 Å². The van der Waals surface area contributed by atoms with Crippen LogP contribution in [0, 0.1) is 5.92 Å². The average Bonchev–Trinajstić information content (AvgIpc) is 3.14. The van der Waals surface area contributed by atoms with Crippen LogP contribution in [-0.4, -0.2) is 57.2 Å². The number of urea groups is 1. The zero-order valence-corrected chi connectivity index (χ0v) is 14.7. The quantitative estimate of drug-likeness (QED) is 0.773. The number of hydrogen-bond acceptors (Lipinski definition) is 5. The summed E-state index contributed by atoms with van der Waals surface area (Å²) in [7, 11) is 0. The number of fused-ring (bicyclic) bond motifs is 3. The zero-order valence-electron chi connectivity index (χ0n) is 13.9. The first-order valence-electron chi connectivity index (χ1n) is 8.96. The van der Waals surface area contributed by atoms with Crippen LogP contribution in [-0.2, 0) is 9.53 Å². The molecule has 1 aromatic heterocycles. The molecule has 3 aliphatic heterocycles. The molecule has 25 heavy (non-hydrogen) atoms. The summed E-state index contributed by atoms with van der Waals surface area (Å²) >= 11 is 1.48. The van der Waals surface area contributed by atoms with Gasteiger partial charge < -0.3 is 4.74 Å². The van der Waals surface area contributed by atoms with E-state index in [1.807, 2.05) is 16.7 Å². The Morgan fingerprint density at radius 2 is 2.20 bits per heavy atom. The minimum absolute atomic E-state index is 0.0281. The van der Waals surface area contributed by atoms with Crippen molar-refractivity contribution >= 4 is 28.7 Å². The molecule has 130 valence electrons. The van der Waals surface area contributed by atoms with Crippen molar-refractivity contribution in [2.24, 2.45) is 5.92 Å². The molecule has 0 radical (unpaired) electrons. The van der Waals surface area contributed by atoms with E-state index >= 15 is 0 Å². The van der Waals surface area contributed by atoms with Gasteiger partial charge in [-0.05, 0) is 49.4 Å². The highest BCUT2D eigenvalue weighted by molar-refractivity contribution is 8.14. The van der Waals surface area contributed by atoms with Gasteiger partial charge in [0.05, 0.1) is 12.6 Å². The van der Waals surface area contributed by atoms with Crippen molar-refractivity contribution in [3.8, 4) is 0 Å². The standard InChI is InChI=1S/C18H20N3O3S/c22-16-14-13-4-1-7-19-15(13)25-17(14)21(9-11-5-6-11)18(23)20(16)10-12-3-2-8-24-12/h1,4,7,11-12,14H,2-3,5-6,8-10H2/q+1. The first-order chi connectivity index (χ1) is 12.2. The number of imide groups is 1. The lowest BCUT2D eigenvalue weighted by Crippen LogP contribution is -2.54. The second kappa shape index (κ2) is 5.92. The summed E-state index contributed by atoms with van der Waals surface area (Å²) in [6, 6.07) is 3.64. The Morgan fingerprint density at radius 1 is 1.32 bits per heavy atom. The second-order valence-electron chi connectivity index (χ2n) is 7.19. The van der Waals surface area contributed by atoms with Crippen LogP contribution in [0.5, 0.6) is 0 Å². The number of amides is 3. The fourth-order valence-electron chi connectivity index (χ4n) is 3.83. The Kier molecular flexibility index (Phi) is 3.67. The van der Waals surface area contributed by atoms with Crippen molar-refractivity contribution in [2.45, 2.75) is 42.7 Å². The Morgan fingerprint density at radius 3 is 2.96 bits per heavy atom. The van der Waals surface area contributed by atoms with E-state index in [9.17, 15) is 9.59 Å². The largest absolute Gasteiger partial charge is 0.501 e. The molecular formula is C18H20N3O3S+. The lowest BCUT2D eigenvalue weighted by atomic mass is 9.98. The molecule has 1 saturated carbocycles. The number of thioether (sulfide) groups is 1. The summed E-state index contributed by atoms with van der Waals surface area (Å²) < 4.78 is 7.51. The van der Waals surface area contributed by atoms with Gasteiger partial charge in [-0.3, -0.25) is 0 Å². The van der Waals surface area contributed by atoms with Crippen LogP contribution in [0.3, 0.4) is 0 Å². The molecule has 2 unspecified atom stereocenters. The van der Waals surface area contributed by atoms with Gasteiger partial charge in [0.25, 0.3) is 0 Å². The average molecular weight is 358 g/mol. The molecule has 0 bridgehead atoms. The third-order valence-electron chi connectivity index (χ3n) is 5.35. The van der Waals surface area contributed by atoms with Gasteiger partial charge in [-0.2, -0.15) is 14.3 Å². The lowest BCUT2D eigenvalue weighted by molar-refractivity contribution is -0.441. The van der Waals surface area contributed by atoms with Gasteiger partial charge in [0.2, 0.25) is 0 Å². The second-order valence-corrected chi connectivity index (χ2v) is 8.20. The van der Waals surface area contributed by atoms with Gasteiger partial charge in [-0.25, -0.2) is 9.78 Å². The van der Waals surface area contributed by atoms with E-state index in [1.165, 1.54) is 16.7 Å². The molecule has 3 amide bonds. The molecule has 0 N–H and O–H groups in total. The van der Waals surface area contributed by atoms with Crippen LogP contribution in [0.15, 0.2) is 23.4 Å². The molecule has 1 aromatic rings. The van der Waals surface area contributed by atoms with Crippen LogP contribution in [0.2, 0.25) is 0 Å². The molecule has 1 aliphatic carbocycles. The number of carbonyl (C=O) groups excluding carboxylic acids is 2.